The van der Waals surface area contributed by atoms with Crippen molar-refractivity contribution < 1.29 is 14.3 Å². The van der Waals surface area contributed by atoms with Crippen molar-refractivity contribution in [3.05, 3.63) is 35.8 Å². The number of fused-ring (bicyclic) bond motifs is 1. The van der Waals surface area contributed by atoms with Gasteiger partial charge in [0.25, 0.3) is 0 Å². The van der Waals surface area contributed by atoms with Gasteiger partial charge in [-0.3, -0.25) is 4.79 Å². The van der Waals surface area contributed by atoms with Gasteiger partial charge >= 0.3 is 0 Å². The maximum Gasteiger partial charge on any atom is 0.160 e. The van der Waals surface area contributed by atoms with Gasteiger partial charge in [0.15, 0.2) is 5.78 Å². The maximum absolute atomic E-state index is 11.7. The number of carbonyl (C=O) groups excluding carboxylic acids is 1. The van der Waals surface area contributed by atoms with Crippen molar-refractivity contribution in [1.82, 2.24) is 5.32 Å². The highest BCUT2D eigenvalue weighted by molar-refractivity contribution is 6.07. The lowest BCUT2D eigenvalue weighted by Gasteiger charge is -2.22. The van der Waals surface area contributed by atoms with Crippen LogP contribution in [0.5, 0.6) is 0 Å². The zero-order chi connectivity index (χ0) is 14.9. The van der Waals surface area contributed by atoms with Crippen LogP contribution in [0.25, 0.3) is 10.8 Å². The molecule has 20 heavy (non-hydrogen) atoms. The molecule has 0 aliphatic heterocycles. The highest BCUT2D eigenvalue weighted by Crippen LogP contribution is 2.29. The highest BCUT2D eigenvalue weighted by atomic mass is 16.4. The molecule has 0 fully saturated rings. The van der Waals surface area contributed by atoms with Crippen molar-refractivity contribution in [2.45, 2.75) is 39.3 Å². The summed E-state index contributed by atoms with van der Waals surface area (Å²) in [5.41, 5.74) is 0.494. The number of hydrogen-bond acceptors (Lipinski definition) is 4. The molecule has 0 spiro atoms. The van der Waals surface area contributed by atoms with Gasteiger partial charge in [0.05, 0.1) is 6.26 Å². The lowest BCUT2D eigenvalue weighted by Crippen LogP contribution is -2.38. The van der Waals surface area contributed by atoms with Crippen molar-refractivity contribution in [3.63, 3.8) is 0 Å². The molecule has 0 aliphatic rings. The number of carbonyl (C=O) groups is 1. The largest absolute Gasteiger partial charge is 0.465 e. The molecule has 1 unspecified atom stereocenters. The Balaban J connectivity index is 2.37. The first-order valence-electron chi connectivity index (χ1n) is 6.74. The van der Waals surface area contributed by atoms with E-state index in [-0.39, 0.29) is 11.3 Å². The fourth-order valence-corrected chi connectivity index (χ4v) is 2.16. The molecular weight excluding hydrogens is 254 g/mol. The van der Waals surface area contributed by atoms with E-state index >= 15 is 0 Å². The van der Waals surface area contributed by atoms with Crippen LogP contribution in [0, 0.1) is 0 Å². The summed E-state index contributed by atoms with van der Waals surface area (Å²) in [5, 5.41) is 15.1. The minimum Gasteiger partial charge on any atom is -0.465 e. The lowest BCUT2D eigenvalue weighted by molar-refractivity contribution is 0.101. The third-order valence-electron chi connectivity index (χ3n) is 3.16. The Morgan fingerprint density at radius 2 is 2.10 bits per heavy atom. The van der Waals surface area contributed by atoms with Crippen molar-refractivity contribution >= 4 is 16.6 Å². The molecule has 2 N–H and O–H groups in total. The zero-order valence-electron chi connectivity index (χ0n) is 12.4. The van der Waals surface area contributed by atoms with E-state index in [2.05, 4.69) is 5.32 Å². The standard InChI is InChI=1S/C16H21NO3/c1-10(18)12-7-5-6-11-9-20-15(14(11)12)13(19)8-17-16(2,3)4/h5-7,9,13,17,19H,8H2,1-4H3. The summed E-state index contributed by atoms with van der Waals surface area (Å²) in [6.45, 7) is 7.98. The fourth-order valence-electron chi connectivity index (χ4n) is 2.16. The van der Waals surface area contributed by atoms with Gasteiger partial charge in [0.1, 0.15) is 11.9 Å². The molecule has 1 atom stereocenters. The van der Waals surface area contributed by atoms with Crippen LogP contribution in [0.4, 0.5) is 0 Å². The molecule has 4 heteroatoms. The fraction of sp³-hybridized carbons (Fsp3) is 0.438. The molecule has 4 nitrogen and oxygen atoms in total. The molecule has 0 saturated heterocycles. The molecule has 0 saturated carbocycles. The predicted molar refractivity (Wildman–Crippen MR) is 78.9 cm³/mol. The van der Waals surface area contributed by atoms with Crippen LogP contribution in [-0.2, 0) is 0 Å². The van der Waals surface area contributed by atoms with Crippen molar-refractivity contribution in [1.29, 1.82) is 0 Å². The third kappa shape index (κ3) is 3.08. The Kier molecular flexibility index (Phi) is 3.97. The number of furan rings is 1. The van der Waals surface area contributed by atoms with Crippen molar-refractivity contribution in [2.24, 2.45) is 0 Å². The Bertz CT molecular complexity index is 622. The van der Waals surface area contributed by atoms with E-state index in [1.165, 1.54) is 6.92 Å². The summed E-state index contributed by atoms with van der Waals surface area (Å²) < 4.78 is 5.49. The van der Waals surface area contributed by atoms with Gasteiger partial charge < -0.3 is 14.8 Å². The molecule has 0 radical (unpaired) electrons. The van der Waals surface area contributed by atoms with Gasteiger partial charge in [0, 0.05) is 28.4 Å². The number of aliphatic hydroxyl groups excluding tert-OH is 1. The SMILES string of the molecule is CC(=O)c1cccc2coc(C(O)CNC(C)(C)C)c12. The smallest absolute Gasteiger partial charge is 0.160 e. The summed E-state index contributed by atoms with van der Waals surface area (Å²) in [6.07, 6.45) is 0.796. The molecule has 1 heterocycles. The Morgan fingerprint density at radius 1 is 1.40 bits per heavy atom. The number of benzene rings is 1. The first-order valence-corrected chi connectivity index (χ1v) is 6.74. The van der Waals surface area contributed by atoms with Gasteiger partial charge in [-0.05, 0) is 27.7 Å². The molecule has 0 bridgehead atoms. The van der Waals surface area contributed by atoms with E-state index in [9.17, 15) is 9.90 Å². The molecule has 0 amide bonds. The van der Waals surface area contributed by atoms with Gasteiger partial charge in [-0.2, -0.15) is 0 Å². The van der Waals surface area contributed by atoms with Gasteiger partial charge in [-0.1, -0.05) is 18.2 Å². The quantitative estimate of drug-likeness (QED) is 0.842. The van der Waals surface area contributed by atoms with Crippen LogP contribution in [-0.4, -0.2) is 23.0 Å². The van der Waals surface area contributed by atoms with Crippen LogP contribution < -0.4 is 5.32 Å². The summed E-state index contributed by atoms with van der Waals surface area (Å²) in [6, 6.07) is 5.45. The minimum absolute atomic E-state index is 0.0331. The Labute approximate surface area is 118 Å². The summed E-state index contributed by atoms with van der Waals surface area (Å²) in [4.78, 5) is 11.7. The van der Waals surface area contributed by atoms with Crippen molar-refractivity contribution in [3.8, 4) is 0 Å². The summed E-state index contributed by atoms with van der Waals surface area (Å²) >= 11 is 0. The average Bonchev–Trinajstić information content (AvgIpc) is 2.78. The zero-order valence-corrected chi connectivity index (χ0v) is 12.4. The van der Waals surface area contributed by atoms with Crippen LogP contribution in [0.3, 0.4) is 0 Å². The number of Topliss-reactive ketones (excluding diaryl/α,β-unsaturated/α-hetero) is 1. The van der Waals surface area contributed by atoms with Crippen molar-refractivity contribution in [2.75, 3.05) is 6.54 Å². The average molecular weight is 275 g/mol. The number of rotatable bonds is 4. The second-order valence-electron chi connectivity index (χ2n) is 6.07. The van der Waals surface area contributed by atoms with Gasteiger partial charge in [-0.15, -0.1) is 0 Å². The summed E-state index contributed by atoms with van der Waals surface area (Å²) in [5.74, 6) is 0.414. The number of nitrogens with one attached hydrogen (secondary N) is 1. The van der Waals surface area contributed by atoms with E-state index < -0.39 is 6.10 Å². The maximum atomic E-state index is 11.7. The van der Waals surface area contributed by atoms with E-state index in [1.54, 1.807) is 12.3 Å². The Hall–Kier alpha value is -1.65. The molecule has 108 valence electrons. The molecule has 1 aromatic carbocycles. The minimum atomic E-state index is -0.785. The molecule has 2 aromatic rings. The number of hydrogen-bond donors (Lipinski definition) is 2. The molecule has 2 rings (SSSR count). The second-order valence-corrected chi connectivity index (χ2v) is 6.07. The number of ketones is 1. The van der Waals surface area contributed by atoms with Gasteiger partial charge in [-0.25, -0.2) is 0 Å². The first-order chi connectivity index (χ1) is 9.29. The predicted octanol–water partition coefficient (Wildman–Crippen LogP) is 3.06. The third-order valence-corrected chi connectivity index (χ3v) is 3.16. The van der Waals surface area contributed by atoms with Crippen LogP contribution in [0.2, 0.25) is 0 Å². The van der Waals surface area contributed by atoms with Crippen LogP contribution in [0.15, 0.2) is 28.9 Å². The molecule has 1 aromatic heterocycles. The normalized spacial score (nSPS) is 13.7. The van der Waals surface area contributed by atoms with Crippen LogP contribution in [0.1, 0.15) is 49.9 Å². The second kappa shape index (κ2) is 5.38. The van der Waals surface area contributed by atoms with E-state index in [4.69, 9.17) is 4.42 Å². The number of aliphatic hydroxyl groups is 1. The Morgan fingerprint density at radius 3 is 2.70 bits per heavy atom. The monoisotopic (exact) mass is 275 g/mol. The van der Waals surface area contributed by atoms with Crippen LogP contribution >= 0.6 is 0 Å². The van der Waals surface area contributed by atoms with E-state index in [1.807, 2.05) is 32.9 Å². The summed E-state index contributed by atoms with van der Waals surface area (Å²) in [7, 11) is 0. The lowest BCUT2D eigenvalue weighted by atomic mass is 10.0. The van der Waals surface area contributed by atoms with Gasteiger partial charge in [0.2, 0.25) is 0 Å². The molecule has 0 aliphatic carbocycles. The number of β-amino-alcohol motifs (C(OH)–C–C–N with tert-alkyl or cyclic N) is 1. The highest BCUT2D eigenvalue weighted by Gasteiger charge is 2.21. The van der Waals surface area contributed by atoms with E-state index in [0.717, 1.165) is 5.39 Å². The molecular formula is C16H21NO3. The first kappa shape index (κ1) is 14.8. The van der Waals surface area contributed by atoms with E-state index in [0.29, 0.717) is 23.3 Å². The topological polar surface area (TPSA) is 62.5 Å².